The zero-order chi connectivity index (χ0) is 13.9. The van der Waals surface area contributed by atoms with Gasteiger partial charge >= 0.3 is 0 Å². The summed E-state index contributed by atoms with van der Waals surface area (Å²) in [7, 11) is 0. The van der Waals surface area contributed by atoms with Crippen LogP contribution in [0.5, 0.6) is 0 Å². The predicted molar refractivity (Wildman–Crippen MR) is 83.8 cm³/mol. The average molecular weight is 288 g/mol. The quantitative estimate of drug-likeness (QED) is 0.936. The lowest BCUT2D eigenvalue weighted by Crippen LogP contribution is -2.17. The number of rotatable bonds is 3. The van der Waals surface area contributed by atoms with Crippen molar-refractivity contribution < 1.29 is 5.11 Å². The maximum absolute atomic E-state index is 9.46. The van der Waals surface area contributed by atoms with E-state index in [2.05, 4.69) is 36.1 Å². The van der Waals surface area contributed by atoms with E-state index in [1.165, 1.54) is 24.1 Å². The van der Waals surface area contributed by atoms with Crippen LogP contribution in [0.1, 0.15) is 35.9 Å². The number of anilines is 2. The maximum Gasteiger partial charge on any atom is 0.190 e. The molecule has 106 valence electrons. The first-order valence-corrected chi connectivity index (χ1v) is 8.10. The molecule has 0 saturated carbocycles. The number of thiazole rings is 1. The minimum absolute atomic E-state index is 0.0936. The van der Waals surface area contributed by atoms with Crippen LogP contribution < -0.4 is 4.90 Å². The Morgan fingerprint density at radius 1 is 1.30 bits per heavy atom. The molecule has 0 unspecified atom stereocenters. The lowest BCUT2D eigenvalue weighted by atomic mass is 10.1. The zero-order valence-corrected chi connectivity index (χ0v) is 12.6. The fourth-order valence-electron chi connectivity index (χ4n) is 2.77. The summed E-state index contributed by atoms with van der Waals surface area (Å²) < 4.78 is 0. The van der Waals surface area contributed by atoms with Gasteiger partial charge in [0.1, 0.15) is 0 Å². The molecular weight excluding hydrogens is 268 g/mol. The number of nitrogens with zero attached hydrogens (tertiary/aromatic N) is 2. The third kappa shape index (κ3) is 2.45. The summed E-state index contributed by atoms with van der Waals surface area (Å²) in [5.74, 6) is 0. The molecule has 0 aliphatic carbocycles. The van der Waals surface area contributed by atoms with Crippen molar-refractivity contribution >= 4 is 22.2 Å². The van der Waals surface area contributed by atoms with E-state index in [0.717, 1.165) is 35.1 Å². The number of para-hydroxylation sites is 1. The SMILES string of the molecule is CCc1nc(N2CCCCc3ccccc32)sc1CO. The Morgan fingerprint density at radius 3 is 2.90 bits per heavy atom. The van der Waals surface area contributed by atoms with Gasteiger partial charge in [-0.2, -0.15) is 0 Å². The molecule has 1 aromatic heterocycles. The Morgan fingerprint density at radius 2 is 2.15 bits per heavy atom. The van der Waals surface area contributed by atoms with Crippen molar-refractivity contribution in [2.45, 2.75) is 39.2 Å². The van der Waals surface area contributed by atoms with E-state index < -0.39 is 0 Å². The number of benzene rings is 1. The number of fused-ring (bicyclic) bond motifs is 1. The molecule has 2 heterocycles. The van der Waals surface area contributed by atoms with Crippen LogP contribution in [0.4, 0.5) is 10.8 Å². The molecule has 2 aromatic rings. The molecule has 0 radical (unpaired) electrons. The smallest absolute Gasteiger partial charge is 0.190 e. The summed E-state index contributed by atoms with van der Waals surface area (Å²) in [5.41, 5.74) is 3.73. The highest BCUT2D eigenvalue weighted by Gasteiger charge is 2.20. The van der Waals surface area contributed by atoms with Gasteiger partial charge in [-0.05, 0) is 37.3 Å². The van der Waals surface area contributed by atoms with Crippen molar-refractivity contribution in [3.05, 3.63) is 40.4 Å². The highest BCUT2D eigenvalue weighted by molar-refractivity contribution is 7.15. The second kappa shape index (κ2) is 5.94. The number of aliphatic hydroxyl groups excluding tert-OH is 1. The molecule has 3 nitrogen and oxygen atoms in total. The first-order valence-electron chi connectivity index (χ1n) is 7.28. The number of hydrogen-bond donors (Lipinski definition) is 1. The van der Waals surface area contributed by atoms with Crippen LogP contribution in [0.15, 0.2) is 24.3 Å². The highest BCUT2D eigenvalue weighted by Crippen LogP contribution is 2.36. The number of hydrogen-bond acceptors (Lipinski definition) is 4. The van der Waals surface area contributed by atoms with Gasteiger partial charge in [-0.3, -0.25) is 0 Å². The molecule has 1 aromatic carbocycles. The number of aryl methyl sites for hydroxylation is 2. The van der Waals surface area contributed by atoms with Crippen molar-refractivity contribution in [3.63, 3.8) is 0 Å². The summed E-state index contributed by atoms with van der Waals surface area (Å²) in [6, 6.07) is 8.61. The fourth-order valence-corrected chi connectivity index (χ4v) is 3.82. The molecule has 0 saturated heterocycles. The molecule has 1 aliphatic heterocycles. The summed E-state index contributed by atoms with van der Waals surface area (Å²) >= 11 is 1.63. The molecular formula is C16H20N2OS. The summed E-state index contributed by atoms with van der Waals surface area (Å²) in [6.07, 6.45) is 4.43. The van der Waals surface area contributed by atoms with Gasteiger partial charge in [0.25, 0.3) is 0 Å². The molecule has 0 spiro atoms. The third-order valence-corrected chi connectivity index (χ3v) is 4.94. The molecule has 20 heavy (non-hydrogen) atoms. The van der Waals surface area contributed by atoms with E-state index >= 15 is 0 Å². The average Bonchev–Trinajstić information content (AvgIpc) is 2.79. The molecule has 0 fully saturated rings. The lowest BCUT2D eigenvalue weighted by molar-refractivity contribution is 0.284. The Balaban J connectivity index is 2.03. The van der Waals surface area contributed by atoms with Gasteiger partial charge in [0.15, 0.2) is 5.13 Å². The first kappa shape index (κ1) is 13.6. The molecule has 0 atom stereocenters. The molecule has 0 bridgehead atoms. The van der Waals surface area contributed by atoms with E-state index in [4.69, 9.17) is 4.98 Å². The van der Waals surface area contributed by atoms with E-state index in [1.807, 2.05) is 0 Å². The Bertz CT molecular complexity index is 572. The van der Waals surface area contributed by atoms with Gasteiger partial charge in [0, 0.05) is 12.2 Å². The molecule has 1 N–H and O–H groups in total. The Hall–Kier alpha value is -1.39. The standard InChI is InChI=1S/C16H20N2OS/c1-2-13-15(11-19)20-16(17-13)18-10-6-5-8-12-7-3-4-9-14(12)18/h3-4,7,9,19H,2,5-6,8,10-11H2,1H3. The van der Waals surface area contributed by atoms with Gasteiger partial charge in [-0.15, -0.1) is 0 Å². The molecule has 1 aliphatic rings. The first-order chi connectivity index (χ1) is 9.83. The van der Waals surface area contributed by atoms with Crippen LogP contribution >= 0.6 is 11.3 Å². The number of aliphatic hydroxyl groups is 1. The number of aromatic nitrogens is 1. The Labute approximate surface area is 123 Å². The van der Waals surface area contributed by atoms with Crippen LogP contribution in [0.3, 0.4) is 0 Å². The van der Waals surface area contributed by atoms with Crippen molar-refractivity contribution in [1.29, 1.82) is 0 Å². The molecule has 4 heteroatoms. The van der Waals surface area contributed by atoms with Crippen molar-refractivity contribution in [3.8, 4) is 0 Å². The van der Waals surface area contributed by atoms with Gasteiger partial charge in [-0.25, -0.2) is 4.98 Å². The van der Waals surface area contributed by atoms with Gasteiger partial charge in [0.2, 0.25) is 0 Å². The second-order valence-electron chi connectivity index (χ2n) is 5.12. The minimum Gasteiger partial charge on any atom is -0.391 e. The largest absolute Gasteiger partial charge is 0.391 e. The third-order valence-electron chi connectivity index (χ3n) is 3.84. The van der Waals surface area contributed by atoms with Crippen molar-refractivity contribution in [2.75, 3.05) is 11.4 Å². The van der Waals surface area contributed by atoms with E-state index in [0.29, 0.717) is 0 Å². The van der Waals surface area contributed by atoms with E-state index in [-0.39, 0.29) is 6.61 Å². The van der Waals surface area contributed by atoms with Gasteiger partial charge in [0.05, 0.1) is 17.2 Å². The summed E-state index contributed by atoms with van der Waals surface area (Å²) in [5, 5.41) is 10.5. The van der Waals surface area contributed by atoms with E-state index in [9.17, 15) is 5.11 Å². The minimum atomic E-state index is 0.0936. The lowest BCUT2D eigenvalue weighted by Gasteiger charge is -2.21. The fraction of sp³-hybridized carbons (Fsp3) is 0.438. The van der Waals surface area contributed by atoms with Crippen LogP contribution in [0.25, 0.3) is 0 Å². The summed E-state index contributed by atoms with van der Waals surface area (Å²) in [6.45, 7) is 3.20. The van der Waals surface area contributed by atoms with Crippen LogP contribution in [-0.2, 0) is 19.4 Å². The second-order valence-corrected chi connectivity index (χ2v) is 6.18. The maximum atomic E-state index is 9.46. The van der Waals surface area contributed by atoms with Crippen molar-refractivity contribution in [1.82, 2.24) is 4.98 Å². The Kier molecular flexibility index (Phi) is 4.03. The van der Waals surface area contributed by atoms with Crippen LogP contribution in [-0.4, -0.2) is 16.6 Å². The van der Waals surface area contributed by atoms with Gasteiger partial charge < -0.3 is 10.0 Å². The molecule has 3 rings (SSSR count). The van der Waals surface area contributed by atoms with Crippen LogP contribution in [0, 0.1) is 0 Å². The molecule has 0 amide bonds. The van der Waals surface area contributed by atoms with Crippen molar-refractivity contribution in [2.24, 2.45) is 0 Å². The topological polar surface area (TPSA) is 36.4 Å². The predicted octanol–water partition coefficient (Wildman–Crippen LogP) is 3.67. The van der Waals surface area contributed by atoms with Crippen LogP contribution in [0.2, 0.25) is 0 Å². The summed E-state index contributed by atoms with van der Waals surface area (Å²) in [4.78, 5) is 8.08. The van der Waals surface area contributed by atoms with Gasteiger partial charge in [-0.1, -0.05) is 36.5 Å². The van der Waals surface area contributed by atoms with E-state index in [1.54, 1.807) is 11.3 Å². The zero-order valence-electron chi connectivity index (χ0n) is 11.8. The monoisotopic (exact) mass is 288 g/mol. The normalized spacial score (nSPS) is 15.0. The highest BCUT2D eigenvalue weighted by atomic mass is 32.1.